The summed E-state index contributed by atoms with van der Waals surface area (Å²) in [6.07, 6.45) is 6.17. The Bertz CT molecular complexity index is 876. The Morgan fingerprint density at radius 3 is 2.73 bits per heavy atom. The number of benzene rings is 1. The fraction of sp³-hybridized carbons (Fsp3) is 0.524. The third-order valence-electron chi connectivity index (χ3n) is 5.51. The molecule has 1 saturated heterocycles. The minimum absolute atomic E-state index is 0.0508. The van der Waals surface area contributed by atoms with E-state index in [1.807, 2.05) is 18.2 Å². The second-order valence-corrected chi connectivity index (χ2v) is 7.27. The number of ether oxygens (including phenoxy) is 2. The lowest BCUT2D eigenvalue weighted by Gasteiger charge is -2.35. The van der Waals surface area contributed by atoms with E-state index in [2.05, 4.69) is 27.1 Å². The Kier molecular flexibility index (Phi) is 7.26. The summed E-state index contributed by atoms with van der Waals surface area (Å²) >= 11 is 0. The molecule has 9 nitrogen and oxygen atoms in total. The maximum atomic E-state index is 11.9. The van der Waals surface area contributed by atoms with Crippen LogP contribution in [0.3, 0.4) is 0 Å². The molecule has 30 heavy (non-hydrogen) atoms. The normalized spacial score (nSPS) is 16.2. The smallest absolute Gasteiger partial charge is 0.353 e. The van der Waals surface area contributed by atoms with Gasteiger partial charge in [0.05, 0.1) is 19.1 Å². The SMILES string of the molecule is CCC1CCCCN1c1ncnc(NCCc2ccc(OC)c(OC)c2)c1[N+](=O)[O-]. The van der Waals surface area contributed by atoms with Crippen LogP contribution in [0.15, 0.2) is 24.5 Å². The maximum absolute atomic E-state index is 11.9. The number of rotatable bonds is 9. The van der Waals surface area contributed by atoms with Crippen molar-refractivity contribution in [1.29, 1.82) is 0 Å². The number of nitrogens with one attached hydrogen (secondary N) is 1. The first kappa shape index (κ1) is 21.6. The van der Waals surface area contributed by atoms with Crippen LogP contribution in [-0.2, 0) is 6.42 Å². The minimum atomic E-state index is -0.380. The van der Waals surface area contributed by atoms with E-state index in [-0.39, 0.29) is 22.5 Å². The van der Waals surface area contributed by atoms with Gasteiger partial charge in [0, 0.05) is 19.1 Å². The molecule has 9 heteroatoms. The van der Waals surface area contributed by atoms with E-state index in [9.17, 15) is 10.1 Å². The molecule has 0 spiro atoms. The number of hydrogen-bond acceptors (Lipinski definition) is 8. The number of piperidine rings is 1. The van der Waals surface area contributed by atoms with Crippen LogP contribution in [-0.4, -0.2) is 48.2 Å². The minimum Gasteiger partial charge on any atom is -0.493 e. The van der Waals surface area contributed by atoms with Gasteiger partial charge in [-0.2, -0.15) is 0 Å². The van der Waals surface area contributed by atoms with Crippen molar-refractivity contribution in [2.45, 2.75) is 45.1 Å². The first-order valence-electron chi connectivity index (χ1n) is 10.3. The zero-order valence-electron chi connectivity index (χ0n) is 17.8. The summed E-state index contributed by atoms with van der Waals surface area (Å²) in [4.78, 5) is 22.0. The lowest BCUT2D eigenvalue weighted by atomic mass is 10.00. The highest BCUT2D eigenvalue weighted by atomic mass is 16.6. The van der Waals surface area contributed by atoms with Crippen molar-refractivity contribution in [3.8, 4) is 11.5 Å². The fourth-order valence-corrected chi connectivity index (χ4v) is 3.94. The van der Waals surface area contributed by atoms with E-state index in [0.29, 0.717) is 30.3 Å². The van der Waals surface area contributed by atoms with Gasteiger partial charge in [0.1, 0.15) is 6.33 Å². The molecular weight excluding hydrogens is 386 g/mol. The van der Waals surface area contributed by atoms with Gasteiger partial charge in [-0.1, -0.05) is 13.0 Å². The van der Waals surface area contributed by atoms with E-state index in [0.717, 1.165) is 37.8 Å². The average molecular weight is 415 g/mol. The van der Waals surface area contributed by atoms with Crippen LogP contribution in [0.1, 0.15) is 38.2 Å². The monoisotopic (exact) mass is 415 g/mol. The summed E-state index contributed by atoms with van der Waals surface area (Å²) in [6.45, 7) is 3.38. The molecule has 2 heterocycles. The molecule has 0 aliphatic carbocycles. The predicted octanol–water partition coefficient (Wildman–Crippen LogP) is 3.83. The van der Waals surface area contributed by atoms with Crippen molar-refractivity contribution < 1.29 is 14.4 Å². The molecule has 1 N–H and O–H groups in total. The maximum Gasteiger partial charge on any atom is 0.353 e. The molecule has 1 aromatic carbocycles. The zero-order chi connectivity index (χ0) is 21.5. The lowest BCUT2D eigenvalue weighted by molar-refractivity contribution is -0.383. The first-order valence-corrected chi connectivity index (χ1v) is 10.3. The zero-order valence-corrected chi connectivity index (χ0v) is 17.8. The molecule has 1 atom stereocenters. The molecule has 0 amide bonds. The Morgan fingerprint density at radius 2 is 2.03 bits per heavy atom. The second-order valence-electron chi connectivity index (χ2n) is 7.27. The van der Waals surface area contributed by atoms with Crippen LogP contribution < -0.4 is 19.7 Å². The Hall–Kier alpha value is -3.10. The molecule has 0 radical (unpaired) electrons. The van der Waals surface area contributed by atoms with Crippen molar-refractivity contribution in [3.63, 3.8) is 0 Å². The molecule has 1 fully saturated rings. The van der Waals surface area contributed by atoms with E-state index in [4.69, 9.17) is 9.47 Å². The van der Waals surface area contributed by atoms with Crippen LogP contribution in [0.2, 0.25) is 0 Å². The summed E-state index contributed by atoms with van der Waals surface area (Å²) < 4.78 is 10.6. The van der Waals surface area contributed by atoms with Gasteiger partial charge in [0.25, 0.3) is 0 Å². The highest BCUT2D eigenvalue weighted by Crippen LogP contribution is 2.36. The summed E-state index contributed by atoms with van der Waals surface area (Å²) in [5.41, 5.74) is 0.976. The highest BCUT2D eigenvalue weighted by molar-refractivity contribution is 5.70. The van der Waals surface area contributed by atoms with E-state index >= 15 is 0 Å². The van der Waals surface area contributed by atoms with Crippen molar-refractivity contribution in [2.24, 2.45) is 0 Å². The molecule has 3 rings (SSSR count). The van der Waals surface area contributed by atoms with Crippen molar-refractivity contribution in [3.05, 3.63) is 40.2 Å². The summed E-state index contributed by atoms with van der Waals surface area (Å²) in [7, 11) is 3.19. The molecule has 1 aromatic heterocycles. The molecular formula is C21H29N5O4. The summed E-state index contributed by atoms with van der Waals surface area (Å²) in [5.74, 6) is 1.99. The highest BCUT2D eigenvalue weighted by Gasteiger charge is 2.31. The van der Waals surface area contributed by atoms with Crippen molar-refractivity contribution >= 4 is 17.3 Å². The number of nitro groups is 1. The molecule has 1 aliphatic rings. The van der Waals surface area contributed by atoms with Crippen LogP contribution in [0.5, 0.6) is 11.5 Å². The number of aromatic nitrogens is 2. The van der Waals surface area contributed by atoms with Gasteiger partial charge in [-0.05, 0) is 49.8 Å². The van der Waals surface area contributed by atoms with Crippen LogP contribution in [0, 0.1) is 10.1 Å². The standard InChI is InChI=1S/C21H29N5O4/c1-4-16-7-5-6-12-25(16)21-19(26(27)28)20(23-14-24-21)22-11-10-15-8-9-17(29-2)18(13-15)30-3/h8-9,13-14,16H,4-7,10-12H2,1-3H3,(H,22,23,24). The average Bonchev–Trinajstić information content (AvgIpc) is 2.78. The predicted molar refractivity (Wildman–Crippen MR) is 116 cm³/mol. The van der Waals surface area contributed by atoms with Crippen molar-refractivity contribution in [2.75, 3.05) is 37.5 Å². The Morgan fingerprint density at radius 1 is 1.23 bits per heavy atom. The summed E-state index contributed by atoms with van der Waals surface area (Å²) in [6, 6.07) is 5.97. The Labute approximate surface area is 176 Å². The van der Waals surface area contributed by atoms with Crippen LogP contribution in [0.4, 0.5) is 17.3 Å². The number of hydrogen-bond donors (Lipinski definition) is 1. The Balaban J connectivity index is 1.77. The van der Waals surface area contributed by atoms with E-state index in [1.54, 1.807) is 14.2 Å². The van der Waals surface area contributed by atoms with Gasteiger partial charge < -0.3 is 19.7 Å². The van der Waals surface area contributed by atoms with Gasteiger partial charge in [-0.25, -0.2) is 9.97 Å². The van der Waals surface area contributed by atoms with E-state index in [1.165, 1.54) is 6.33 Å². The largest absolute Gasteiger partial charge is 0.493 e. The van der Waals surface area contributed by atoms with Crippen LogP contribution >= 0.6 is 0 Å². The third-order valence-corrected chi connectivity index (χ3v) is 5.51. The molecule has 0 saturated carbocycles. The number of nitrogens with zero attached hydrogens (tertiary/aromatic N) is 4. The topological polar surface area (TPSA) is 103 Å². The van der Waals surface area contributed by atoms with Crippen molar-refractivity contribution in [1.82, 2.24) is 9.97 Å². The van der Waals surface area contributed by atoms with Gasteiger partial charge >= 0.3 is 5.69 Å². The molecule has 162 valence electrons. The lowest BCUT2D eigenvalue weighted by Crippen LogP contribution is -2.40. The number of methoxy groups -OCH3 is 2. The van der Waals surface area contributed by atoms with Gasteiger partial charge in [0.15, 0.2) is 11.5 Å². The van der Waals surface area contributed by atoms with E-state index < -0.39 is 0 Å². The number of anilines is 2. The van der Waals surface area contributed by atoms with Gasteiger partial charge in [-0.3, -0.25) is 10.1 Å². The van der Waals surface area contributed by atoms with Gasteiger partial charge in [0.2, 0.25) is 11.6 Å². The third kappa shape index (κ3) is 4.72. The second kappa shape index (κ2) is 10.1. The quantitative estimate of drug-likeness (QED) is 0.487. The fourth-order valence-electron chi connectivity index (χ4n) is 3.94. The van der Waals surface area contributed by atoms with Gasteiger partial charge in [-0.15, -0.1) is 0 Å². The molecule has 2 aromatic rings. The molecule has 1 unspecified atom stereocenters. The summed E-state index contributed by atoms with van der Waals surface area (Å²) in [5, 5.41) is 15.0. The van der Waals surface area contributed by atoms with Crippen LogP contribution in [0.25, 0.3) is 0 Å². The first-order chi connectivity index (χ1) is 14.6. The molecule has 1 aliphatic heterocycles. The molecule has 0 bridgehead atoms.